The van der Waals surface area contributed by atoms with Gasteiger partial charge in [-0.05, 0) is 12.1 Å². The topological polar surface area (TPSA) is 80.0 Å². The van der Waals surface area contributed by atoms with Crippen LogP contribution in [-0.2, 0) is 0 Å². The van der Waals surface area contributed by atoms with Crippen molar-refractivity contribution in [3.8, 4) is 0 Å². The molecule has 20 heavy (non-hydrogen) atoms. The highest BCUT2D eigenvalue weighted by Gasteiger charge is 2.13. The highest BCUT2D eigenvalue weighted by Crippen LogP contribution is 2.19. The van der Waals surface area contributed by atoms with Crippen LogP contribution in [0.15, 0.2) is 30.5 Å². The van der Waals surface area contributed by atoms with E-state index in [1.807, 2.05) is 0 Å². The van der Waals surface area contributed by atoms with Gasteiger partial charge in [0.25, 0.3) is 5.91 Å². The molecule has 0 saturated heterocycles. The maximum atomic E-state index is 13.4. The summed E-state index contributed by atoms with van der Waals surface area (Å²) < 4.78 is 39.1. The predicted octanol–water partition coefficient (Wildman–Crippen LogP) is 2.04. The number of halogens is 3. The van der Waals surface area contributed by atoms with Crippen LogP contribution in [0.1, 0.15) is 10.4 Å². The van der Waals surface area contributed by atoms with Gasteiger partial charge in [0.15, 0.2) is 11.6 Å². The van der Waals surface area contributed by atoms with Crippen LogP contribution in [-0.4, -0.2) is 10.9 Å². The van der Waals surface area contributed by atoms with E-state index in [0.717, 1.165) is 0 Å². The van der Waals surface area contributed by atoms with Crippen LogP contribution in [0.5, 0.6) is 0 Å². The summed E-state index contributed by atoms with van der Waals surface area (Å²) in [6.07, 6.45) is 1.31. The molecule has 4 N–H and O–H groups in total. The van der Waals surface area contributed by atoms with E-state index in [1.165, 1.54) is 18.3 Å². The number of hydrogen-bond acceptors (Lipinski definition) is 4. The fourth-order valence-corrected chi connectivity index (χ4v) is 1.46. The van der Waals surface area contributed by atoms with Crippen LogP contribution < -0.4 is 16.6 Å². The molecule has 0 aliphatic heterocycles. The highest BCUT2D eigenvalue weighted by atomic mass is 19.2. The minimum absolute atomic E-state index is 0.122. The Morgan fingerprint density at radius 2 is 1.80 bits per heavy atom. The Balaban J connectivity index is 2.25. The molecule has 5 nitrogen and oxygen atoms in total. The number of nitrogens with one attached hydrogen (secondary N) is 2. The van der Waals surface area contributed by atoms with Crippen molar-refractivity contribution >= 4 is 17.4 Å². The molecule has 0 fully saturated rings. The summed E-state index contributed by atoms with van der Waals surface area (Å²) in [5.41, 5.74) is 1.90. The van der Waals surface area contributed by atoms with Gasteiger partial charge in [-0.25, -0.2) is 24.0 Å². The van der Waals surface area contributed by atoms with E-state index in [9.17, 15) is 18.0 Å². The number of nitrogen functional groups attached to an aromatic ring is 1. The van der Waals surface area contributed by atoms with Gasteiger partial charge < -0.3 is 10.7 Å². The van der Waals surface area contributed by atoms with Gasteiger partial charge >= 0.3 is 0 Å². The van der Waals surface area contributed by atoms with Crippen LogP contribution in [0.25, 0.3) is 0 Å². The molecule has 0 radical (unpaired) electrons. The Labute approximate surface area is 111 Å². The molecule has 0 aliphatic carbocycles. The molecule has 8 heteroatoms. The first-order valence-electron chi connectivity index (χ1n) is 5.40. The first-order chi connectivity index (χ1) is 9.51. The smallest absolute Gasteiger partial charge is 0.255 e. The van der Waals surface area contributed by atoms with Crippen molar-refractivity contribution in [2.45, 2.75) is 0 Å². The lowest BCUT2D eigenvalue weighted by Crippen LogP contribution is -2.15. The number of hydrazine groups is 1. The fourth-order valence-electron chi connectivity index (χ4n) is 1.46. The minimum Gasteiger partial charge on any atom is -0.319 e. The molecule has 0 spiro atoms. The Hall–Kier alpha value is -2.61. The molecule has 1 aromatic carbocycles. The lowest BCUT2D eigenvalue weighted by molar-refractivity contribution is 0.102. The number of hydrogen-bond donors (Lipinski definition) is 3. The molecule has 0 unspecified atom stereocenters. The molecule has 104 valence electrons. The number of carbonyl (C=O) groups is 1. The van der Waals surface area contributed by atoms with Crippen LogP contribution in [0, 0.1) is 17.5 Å². The van der Waals surface area contributed by atoms with E-state index in [2.05, 4.69) is 15.7 Å². The quantitative estimate of drug-likeness (QED) is 0.457. The van der Waals surface area contributed by atoms with Crippen molar-refractivity contribution in [1.29, 1.82) is 0 Å². The second kappa shape index (κ2) is 5.57. The number of benzene rings is 1. The van der Waals surface area contributed by atoms with Crippen molar-refractivity contribution in [2.24, 2.45) is 5.84 Å². The molecule has 1 aromatic heterocycles. The summed E-state index contributed by atoms with van der Waals surface area (Å²) >= 11 is 0. The number of rotatable bonds is 3. The van der Waals surface area contributed by atoms with Gasteiger partial charge in [-0.2, -0.15) is 0 Å². The lowest BCUT2D eigenvalue weighted by atomic mass is 10.2. The van der Waals surface area contributed by atoms with E-state index in [-0.39, 0.29) is 11.4 Å². The zero-order valence-electron chi connectivity index (χ0n) is 9.95. The maximum absolute atomic E-state index is 13.4. The average Bonchev–Trinajstić information content (AvgIpc) is 2.44. The average molecular weight is 282 g/mol. The lowest BCUT2D eigenvalue weighted by Gasteiger charge is -2.08. The molecule has 0 bridgehead atoms. The van der Waals surface area contributed by atoms with Crippen molar-refractivity contribution in [3.63, 3.8) is 0 Å². The molecule has 0 aliphatic rings. The van der Waals surface area contributed by atoms with Crippen LogP contribution in [0.3, 0.4) is 0 Å². The predicted molar refractivity (Wildman–Crippen MR) is 66.3 cm³/mol. The van der Waals surface area contributed by atoms with E-state index in [4.69, 9.17) is 5.84 Å². The van der Waals surface area contributed by atoms with E-state index in [0.29, 0.717) is 12.1 Å². The Kier molecular flexibility index (Phi) is 3.85. The number of amides is 1. The van der Waals surface area contributed by atoms with Crippen LogP contribution >= 0.6 is 0 Å². The van der Waals surface area contributed by atoms with Crippen LogP contribution in [0.2, 0.25) is 0 Å². The molecule has 2 rings (SSSR count). The Bertz CT molecular complexity index is 663. The number of nitrogens with two attached hydrogens (primary N) is 1. The number of aromatic nitrogens is 1. The van der Waals surface area contributed by atoms with Gasteiger partial charge in [-0.3, -0.25) is 4.79 Å². The maximum Gasteiger partial charge on any atom is 0.255 e. The number of nitrogens with zero attached hydrogens (tertiary/aromatic N) is 1. The molecular weight excluding hydrogens is 273 g/mol. The van der Waals surface area contributed by atoms with Gasteiger partial charge in [-0.1, -0.05) is 0 Å². The largest absolute Gasteiger partial charge is 0.319 e. The summed E-state index contributed by atoms with van der Waals surface area (Å²) in [6.45, 7) is 0. The normalized spacial score (nSPS) is 10.2. The van der Waals surface area contributed by atoms with E-state index >= 15 is 0 Å². The van der Waals surface area contributed by atoms with Crippen molar-refractivity contribution in [2.75, 3.05) is 10.7 Å². The van der Waals surface area contributed by atoms with Gasteiger partial charge in [0.2, 0.25) is 0 Å². The third-order valence-corrected chi connectivity index (χ3v) is 2.43. The molecule has 0 atom stereocenters. The summed E-state index contributed by atoms with van der Waals surface area (Å²) in [5, 5.41) is 2.13. The number of anilines is 2. The monoisotopic (exact) mass is 282 g/mol. The van der Waals surface area contributed by atoms with Gasteiger partial charge in [-0.15, -0.1) is 0 Å². The third kappa shape index (κ3) is 2.86. The second-order valence-corrected chi connectivity index (χ2v) is 3.77. The first kappa shape index (κ1) is 13.8. The fraction of sp³-hybridized carbons (Fsp3) is 0. The first-order valence-corrected chi connectivity index (χ1v) is 5.40. The summed E-state index contributed by atoms with van der Waals surface area (Å²) in [4.78, 5) is 15.6. The second-order valence-electron chi connectivity index (χ2n) is 3.77. The van der Waals surface area contributed by atoms with E-state index in [1.54, 1.807) is 0 Å². The SMILES string of the molecule is NNc1cc(C(=O)Nc2cc(F)c(F)cc2F)ccn1. The van der Waals surface area contributed by atoms with Crippen LogP contribution in [0.4, 0.5) is 24.7 Å². The summed E-state index contributed by atoms with van der Waals surface area (Å²) in [6, 6.07) is 3.58. The molecule has 1 heterocycles. The molecule has 2 aromatic rings. The third-order valence-electron chi connectivity index (χ3n) is 2.43. The summed E-state index contributed by atoms with van der Waals surface area (Å²) in [5.74, 6) is 0.970. The van der Waals surface area contributed by atoms with Gasteiger partial charge in [0.1, 0.15) is 11.6 Å². The zero-order valence-corrected chi connectivity index (χ0v) is 9.95. The molecular formula is C12H9F3N4O. The summed E-state index contributed by atoms with van der Waals surface area (Å²) in [7, 11) is 0. The minimum atomic E-state index is -1.33. The van der Waals surface area contributed by atoms with Gasteiger partial charge in [0.05, 0.1) is 5.69 Å². The Morgan fingerprint density at radius 3 is 2.50 bits per heavy atom. The van der Waals surface area contributed by atoms with Crippen molar-refractivity contribution < 1.29 is 18.0 Å². The van der Waals surface area contributed by atoms with E-state index < -0.39 is 29.0 Å². The van der Waals surface area contributed by atoms with Crippen molar-refractivity contribution in [3.05, 3.63) is 53.5 Å². The molecule has 0 saturated carbocycles. The standard InChI is InChI=1S/C12H9F3N4O/c13-7-4-9(15)10(5-8(7)14)18-12(20)6-1-2-17-11(3-6)19-16/h1-5H,16H2,(H,17,19)(H,18,20). The van der Waals surface area contributed by atoms with Crippen molar-refractivity contribution in [1.82, 2.24) is 4.98 Å². The number of carbonyl (C=O) groups excluding carboxylic acids is 1. The highest BCUT2D eigenvalue weighted by molar-refractivity contribution is 6.04. The van der Waals surface area contributed by atoms with Gasteiger partial charge in [0, 0.05) is 23.9 Å². The zero-order chi connectivity index (χ0) is 14.7. The Morgan fingerprint density at radius 1 is 1.10 bits per heavy atom. The molecule has 1 amide bonds. The number of pyridine rings is 1.